The van der Waals surface area contributed by atoms with Gasteiger partial charge in [0.15, 0.2) is 0 Å². The summed E-state index contributed by atoms with van der Waals surface area (Å²) < 4.78 is 5.99. The first kappa shape index (κ1) is 22.8. The average molecular weight is 449 g/mol. The van der Waals surface area contributed by atoms with E-state index in [9.17, 15) is 5.11 Å². The fourth-order valence-electron chi connectivity index (χ4n) is 4.79. The molecule has 1 N–H and O–H groups in total. The molecule has 3 nitrogen and oxygen atoms in total. The van der Waals surface area contributed by atoms with Crippen molar-refractivity contribution in [2.45, 2.75) is 58.2 Å². The SMILES string of the molecule is CC1(C)c2cc(-c3ccc(BOC(C)(C)C(C)(C)O)cn3)ccc2-c2c1ccc1ccccc21. The third-order valence-corrected chi connectivity index (χ3v) is 7.76. The monoisotopic (exact) mass is 449 g/mol. The molecule has 0 unspecified atom stereocenters. The van der Waals surface area contributed by atoms with E-state index in [4.69, 9.17) is 9.64 Å². The van der Waals surface area contributed by atoms with Crippen LogP contribution in [0.25, 0.3) is 33.2 Å². The van der Waals surface area contributed by atoms with E-state index in [0.29, 0.717) is 7.48 Å². The highest BCUT2D eigenvalue weighted by atomic mass is 16.5. The standard InChI is InChI=1S/C30H32BNO2/c1-28(2)24-15-12-19-9-7-8-10-22(19)27(24)23-14-11-20(17-25(23)28)26-16-13-21(18-32-26)31-34-30(5,6)29(3,4)33/h7-18,31,33H,1-6H3. The van der Waals surface area contributed by atoms with Crippen LogP contribution in [0.3, 0.4) is 0 Å². The van der Waals surface area contributed by atoms with Gasteiger partial charge in [0.2, 0.25) is 0 Å². The number of nitrogens with zero attached hydrogens (tertiary/aromatic N) is 1. The molecular weight excluding hydrogens is 417 g/mol. The summed E-state index contributed by atoms with van der Waals surface area (Å²) in [6, 6.07) is 24.0. The Morgan fingerprint density at radius 2 is 1.65 bits per heavy atom. The Morgan fingerprint density at radius 3 is 2.35 bits per heavy atom. The zero-order valence-electron chi connectivity index (χ0n) is 20.9. The van der Waals surface area contributed by atoms with Gasteiger partial charge in [-0.3, -0.25) is 4.98 Å². The maximum atomic E-state index is 10.3. The molecule has 0 bridgehead atoms. The number of hydrogen-bond donors (Lipinski definition) is 1. The maximum Gasteiger partial charge on any atom is 0.311 e. The molecule has 3 aromatic carbocycles. The molecular formula is C30H32BNO2. The summed E-state index contributed by atoms with van der Waals surface area (Å²) in [5, 5.41) is 12.9. The lowest BCUT2D eigenvalue weighted by molar-refractivity contribution is -0.0893. The first-order valence-corrected chi connectivity index (χ1v) is 12.0. The molecule has 0 spiro atoms. The van der Waals surface area contributed by atoms with Crippen molar-refractivity contribution < 1.29 is 9.76 Å². The van der Waals surface area contributed by atoms with Gasteiger partial charge < -0.3 is 9.76 Å². The Balaban J connectivity index is 1.46. The van der Waals surface area contributed by atoms with Crippen LogP contribution in [0.4, 0.5) is 0 Å². The van der Waals surface area contributed by atoms with Crippen molar-refractivity contribution in [1.82, 2.24) is 4.98 Å². The number of aliphatic hydroxyl groups is 1. The lowest BCUT2D eigenvalue weighted by atomic mass is 9.81. The first-order valence-electron chi connectivity index (χ1n) is 12.0. The van der Waals surface area contributed by atoms with Crippen LogP contribution < -0.4 is 5.46 Å². The second-order valence-corrected chi connectivity index (χ2v) is 11.0. The molecule has 0 amide bonds. The highest BCUT2D eigenvalue weighted by molar-refractivity contribution is 6.46. The molecule has 0 atom stereocenters. The van der Waals surface area contributed by atoms with E-state index in [1.807, 2.05) is 20.0 Å². The molecule has 1 aromatic heterocycles. The fourth-order valence-corrected chi connectivity index (χ4v) is 4.79. The van der Waals surface area contributed by atoms with Crippen LogP contribution in [-0.4, -0.2) is 28.8 Å². The van der Waals surface area contributed by atoms with Crippen molar-refractivity contribution in [3.63, 3.8) is 0 Å². The average Bonchev–Trinajstić information content (AvgIpc) is 3.04. The smallest absolute Gasteiger partial charge is 0.311 e. The predicted molar refractivity (Wildman–Crippen MR) is 143 cm³/mol. The molecule has 0 saturated heterocycles. The Labute approximate surface area is 203 Å². The molecule has 1 aliphatic rings. The molecule has 0 radical (unpaired) electrons. The number of rotatable bonds is 5. The van der Waals surface area contributed by atoms with E-state index in [1.165, 1.54) is 33.0 Å². The minimum Gasteiger partial charge on any atom is -0.427 e. The van der Waals surface area contributed by atoms with Crippen LogP contribution in [0.5, 0.6) is 0 Å². The van der Waals surface area contributed by atoms with E-state index in [-0.39, 0.29) is 5.41 Å². The van der Waals surface area contributed by atoms with Gasteiger partial charge in [-0.05, 0) is 78.3 Å². The Hall–Kier alpha value is -2.95. The van der Waals surface area contributed by atoms with Crippen LogP contribution in [0.1, 0.15) is 52.7 Å². The second kappa shape index (κ2) is 7.79. The summed E-state index contributed by atoms with van der Waals surface area (Å²) in [6.45, 7) is 12.0. The number of hydrogen-bond acceptors (Lipinski definition) is 3. The van der Waals surface area contributed by atoms with Crippen molar-refractivity contribution >= 4 is 23.7 Å². The largest absolute Gasteiger partial charge is 0.427 e. The molecule has 1 heterocycles. The van der Waals surface area contributed by atoms with Gasteiger partial charge in [-0.25, -0.2) is 0 Å². The van der Waals surface area contributed by atoms with Gasteiger partial charge >= 0.3 is 7.48 Å². The summed E-state index contributed by atoms with van der Waals surface area (Å²) in [7, 11) is 0.407. The van der Waals surface area contributed by atoms with Crippen molar-refractivity contribution in [3.8, 4) is 22.4 Å². The van der Waals surface area contributed by atoms with E-state index in [0.717, 1.165) is 16.7 Å². The van der Waals surface area contributed by atoms with Gasteiger partial charge in [0.1, 0.15) is 0 Å². The minimum atomic E-state index is -0.930. The minimum absolute atomic E-state index is 0.0683. The summed E-state index contributed by atoms with van der Waals surface area (Å²) in [5.74, 6) is 0. The zero-order chi connectivity index (χ0) is 24.3. The molecule has 0 saturated carbocycles. The lowest BCUT2D eigenvalue weighted by Gasteiger charge is -2.37. The number of aromatic nitrogens is 1. The summed E-state index contributed by atoms with van der Waals surface area (Å²) in [6.07, 6.45) is 1.87. The molecule has 0 aliphatic heterocycles. The first-order chi connectivity index (χ1) is 16.0. The quantitative estimate of drug-likeness (QED) is 0.395. The highest BCUT2D eigenvalue weighted by Crippen LogP contribution is 2.51. The van der Waals surface area contributed by atoms with Gasteiger partial charge in [-0.2, -0.15) is 0 Å². The predicted octanol–water partition coefficient (Wildman–Crippen LogP) is 5.75. The Bertz CT molecular complexity index is 1380. The van der Waals surface area contributed by atoms with Gasteiger partial charge in [-0.15, -0.1) is 0 Å². The topological polar surface area (TPSA) is 42.4 Å². The summed E-state index contributed by atoms with van der Waals surface area (Å²) in [4.78, 5) is 4.74. The molecule has 34 heavy (non-hydrogen) atoms. The summed E-state index contributed by atoms with van der Waals surface area (Å²) >= 11 is 0. The number of fused-ring (bicyclic) bond motifs is 5. The van der Waals surface area contributed by atoms with Crippen LogP contribution in [-0.2, 0) is 10.1 Å². The van der Waals surface area contributed by atoms with Gasteiger partial charge in [0.25, 0.3) is 0 Å². The fraction of sp³-hybridized carbons (Fsp3) is 0.300. The van der Waals surface area contributed by atoms with Gasteiger partial charge in [0.05, 0.1) is 16.9 Å². The molecule has 5 rings (SSSR count). The Morgan fingerprint density at radius 1 is 0.882 bits per heavy atom. The highest BCUT2D eigenvalue weighted by Gasteiger charge is 2.37. The maximum absolute atomic E-state index is 10.3. The van der Waals surface area contributed by atoms with E-state index >= 15 is 0 Å². The molecule has 0 fully saturated rings. The molecule has 4 heteroatoms. The van der Waals surface area contributed by atoms with Crippen molar-refractivity contribution in [2.24, 2.45) is 0 Å². The normalized spacial score (nSPS) is 14.7. The van der Waals surface area contributed by atoms with Gasteiger partial charge in [0, 0.05) is 17.2 Å². The second-order valence-electron chi connectivity index (χ2n) is 11.0. The van der Waals surface area contributed by atoms with Crippen LogP contribution in [0.2, 0.25) is 0 Å². The Kier molecular flexibility index (Phi) is 5.23. The van der Waals surface area contributed by atoms with Crippen molar-refractivity contribution in [3.05, 3.63) is 84.1 Å². The third-order valence-electron chi connectivity index (χ3n) is 7.76. The molecule has 1 aliphatic carbocycles. The van der Waals surface area contributed by atoms with E-state index in [1.54, 1.807) is 13.8 Å². The van der Waals surface area contributed by atoms with Crippen LogP contribution in [0.15, 0.2) is 72.9 Å². The third kappa shape index (κ3) is 3.66. The van der Waals surface area contributed by atoms with E-state index in [2.05, 4.69) is 80.6 Å². The van der Waals surface area contributed by atoms with Gasteiger partial charge in [-0.1, -0.05) is 68.4 Å². The number of pyridine rings is 1. The van der Waals surface area contributed by atoms with E-state index < -0.39 is 11.2 Å². The van der Waals surface area contributed by atoms with Crippen molar-refractivity contribution in [1.29, 1.82) is 0 Å². The van der Waals surface area contributed by atoms with Crippen LogP contribution in [0, 0.1) is 0 Å². The molecule has 172 valence electrons. The number of benzene rings is 3. The van der Waals surface area contributed by atoms with Crippen LogP contribution >= 0.6 is 0 Å². The zero-order valence-corrected chi connectivity index (χ0v) is 20.9. The molecule has 4 aromatic rings. The summed E-state index contributed by atoms with van der Waals surface area (Å²) in [5.41, 5.74) is 6.81. The lowest BCUT2D eigenvalue weighted by Crippen LogP contribution is -2.49. The van der Waals surface area contributed by atoms with Crippen molar-refractivity contribution in [2.75, 3.05) is 0 Å².